The second-order valence-electron chi connectivity index (χ2n) is 5.33. The van der Waals surface area contributed by atoms with E-state index in [2.05, 4.69) is 41.8 Å². The first-order chi connectivity index (χ1) is 11.0. The number of nitrogens with zero attached hydrogens (tertiary/aromatic N) is 3. The van der Waals surface area contributed by atoms with Gasteiger partial charge in [-0.1, -0.05) is 18.2 Å². The minimum Gasteiger partial charge on any atom is -0.496 e. The quantitative estimate of drug-likeness (QED) is 0.642. The highest BCUT2D eigenvalue weighted by Crippen LogP contribution is 2.17. The first-order valence-corrected chi connectivity index (χ1v) is 8.19. The smallest absolute Gasteiger partial charge is 0.194 e. The molecule has 23 heavy (non-hydrogen) atoms. The first kappa shape index (κ1) is 17.4. The number of ether oxygens (including phenoxy) is 1. The number of nitrogens with one attached hydrogen (secondary N) is 1. The average molecular weight is 379 g/mol. The van der Waals surface area contributed by atoms with Crippen LogP contribution in [0.5, 0.6) is 5.75 Å². The number of aliphatic imine (C=N–C) groups is 1. The second kappa shape index (κ2) is 8.06. The molecule has 0 saturated carbocycles. The molecule has 0 amide bonds. The van der Waals surface area contributed by atoms with Gasteiger partial charge in [-0.2, -0.15) is 0 Å². The molecule has 6 heteroatoms. The fourth-order valence-corrected chi connectivity index (χ4v) is 3.02. The molecule has 0 fully saturated rings. The van der Waals surface area contributed by atoms with E-state index in [1.165, 1.54) is 5.69 Å². The van der Waals surface area contributed by atoms with Gasteiger partial charge in [0, 0.05) is 49.6 Å². The maximum absolute atomic E-state index is 5.38. The van der Waals surface area contributed by atoms with Gasteiger partial charge in [0.15, 0.2) is 5.96 Å². The molecule has 1 heterocycles. The van der Waals surface area contributed by atoms with Crippen LogP contribution in [0.3, 0.4) is 0 Å². The van der Waals surface area contributed by atoms with Crippen LogP contribution in [0, 0.1) is 0 Å². The summed E-state index contributed by atoms with van der Waals surface area (Å²) in [6.07, 6.45) is 2.05. The largest absolute Gasteiger partial charge is 0.496 e. The molecule has 1 N–H and O–H groups in total. The lowest BCUT2D eigenvalue weighted by atomic mass is 10.2. The van der Waals surface area contributed by atoms with E-state index in [1.807, 2.05) is 44.6 Å². The number of para-hydroxylation sites is 1. The monoisotopic (exact) mass is 378 g/mol. The molecular weight excluding hydrogens is 356 g/mol. The van der Waals surface area contributed by atoms with E-state index in [1.54, 1.807) is 14.2 Å². The van der Waals surface area contributed by atoms with Gasteiger partial charge in [0.2, 0.25) is 0 Å². The Balaban J connectivity index is 2.01. The fourth-order valence-electron chi connectivity index (χ4n) is 2.45. The van der Waals surface area contributed by atoms with Crippen molar-refractivity contribution in [3.05, 3.63) is 52.3 Å². The zero-order valence-electron chi connectivity index (χ0n) is 14.0. The first-order valence-electron chi connectivity index (χ1n) is 7.39. The number of rotatable bonds is 5. The highest BCUT2D eigenvalue weighted by atomic mass is 79.9. The van der Waals surface area contributed by atoms with Gasteiger partial charge in [0.1, 0.15) is 5.75 Å². The predicted molar refractivity (Wildman–Crippen MR) is 97.8 cm³/mol. The molecule has 0 atom stereocenters. The molecule has 0 aliphatic rings. The van der Waals surface area contributed by atoms with Crippen LogP contribution in [0.2, 0.25) is 0 Å². The van der Waals surface area contributed by atoms with Gasteiger partial charge >= 0.3 is 0 Å². The second-order valence-corrected chi connectivity index (χ2v) is 6.24. The number of aromatic nitrogens is 1. The van der Waals surface area contributed by atoms with Crippen molar-refractivity contribution in [2.24, 2.45) is 12.0 Å². The molecule has 0 radical (unpaired) electrons. The molecule has 1 aromatic carbocycles. The number of methoxy groups -OCH3 is 1. The molecule has 0 aliphatic heterocycles. The predicted octanol–water partition coefficient (Wildman–Crippen LogP) is 3.00. The zero-order chi connectivity index (χ0) is 16.8. The SMILES string of the molecule is CN=C(NCc1ccccc1OC)N(C)Cc1cc(Br)cn1C. The van der Waals surface area contributed by atoms with Gasteiger partial charge in [-0.3, -0.25) is 4.99 Å². The van der Waals surface area contributed by atoms with E-state index in [0.29, 0.717) is 6.54 Å². The molecule has 0 spiro atoms. The Hall–Kier alpha value is -1.95. The number of guanidine groups is 1. The van der Waals surface area contributed by atoms with Crippen LogP contribution in [0.25, 0.3) is 0 Å². The minimum atomic E-state index is 0.665. The molecule has 0 bridgehead atoms. The molecule has 124 valence electrons. The Morgan fingerprint density at radius 1 is 1.39 bits per heavy atom. The summed E-state index contributed by atoms with van der Waals surface area (Å²) in [5.41, 5.74) is 2.31. The zero-order valence-corrected chi connectivity index (χ0v) is 15.6. The molecule has 0 aliphatic carbocycles. The third-order valence-electron chi connectivity index (χ3n) is 3.68. The van der Waals surface area contributed by atoms with Crippen molar-refractivity contribution in [2.75, 3.05) is 21.2 Å². The van der Waals surface area contributed by atoms with Crippen molar-refractivity contribution in [1.29, 1.82) is 0 Å². The Morgan fingerprint density at radius 2 is 2.13 bits per heavy atom. The van der Waals surface area contributed by atoms with Crippen LogP contribution < -0.4 is 10.1 Å². The lowest BCUT2D eigenvalue weighted by Crippen LogP contribution is -2.38. The standard InChI is InChI=1S/C17H23BrN4O/c1-19-17(20-10-13-7-5-6-8-16(13)23-4)22(3)12-15-9-14(18)11-21(15)2/h5-9,11H,10,12H2,1-4H3,(H,19,20). The van der Waals surface area contributed by atoms with Crippen molar-refractivity contribution in [1.82, 2.24) is 14.8 Å². The van der Waals surface area contributed by atoms with Gasteiger partial charge in [0.25, 0.3) is 0 Å². The van der Waals surface area contributed by atoms with Crippen LogP contribution in [-0.2, 0) is 20.1 Å². The van der Waals surface area contributed by atoms with Crippen LogP contribution in [-0.4, -0.2) is 36.6 Å². The summed E-state index contributed by atoms with van der Waals surface area (Å²) < 4.78 is 8.57. The summed E-state index contributed by atoms with van der Waals surface area (Å²) in [5.74, 6) is 1.72. The van der Waals surface area contributed by atoms with Crippen LogP contribution >= 0.6 is 15.9 Å². The summed E-state index contributed by atoms with van der Waals surface area (Å²) in [6, 6.07) is 10.1. The molecule has 0 saturated heterocycles. The number of aryl methyl sites for hydroxylation is 1. The third kappa shape index (κ3) is 4.51. The van der Waals surface area contributed by atoms with Crippen molar-refractivity contribution in [3.8, 4) is 5.75 Å². The number of halogens is 1. The van der Waals surface area contributed by atoms with E-state index in [4.69, 9.17) is 4.74 Å². The molecule has 2 aromatic rings. The van der Waals surface area contributed by atoms with Crippen molar-refractivity contribution >= 4 is 21.9 Å². The van der Waals surface area contributed by atoms with Crippen LogP contribution in [0.1, 0.15) is 11.3 Å². The Labute approximate surface area is 146 Å². The Morgan fingerprint density at radius 3 is 2.74 bits per heavy atom. The van der Waals surface area contributed by atoms with Crippen LogP contribution in [0.4, 0.5) is 0 Å². The van der Waals surface area contributed by atoms with Crippen molar-refractivity contribution in [2.45, 2.75) is 13.1 Å². The molecule has 1 aromatic heterocycles. The maximum Gasteiger partial charge on any atom is 0.194 e. The van der Waals surface area contributed by atoms with Gasteiger partial charge in [-0.05, 0) is 28.1 Å². The number of hydrogen-bond acceptors (Lipinski definition) is 2. The normalized spacial score (nSPS) is 11.4. The summed E-state index contributed by atoms with van der Waals surface area (Å²) in [4.78, 5) is 6.46. The maximum atomic E-state index is 5.38. The van der Waals surface area contributed by atoms with E-state index < -0.39 is 0 Å². The molecular formula is C17H23BrN4O. The third-order valence-corrected chi connectivity index (χ3v) is 4.11. The highest BCUT2D eigenvalue weighted by Gasteiger charge is 2.10. The summed E-state index contributed by atoms with van der Waals surface area (Å²) in [6.45, 7) is 1.44. The number of benzene rings is 1. The molecule has 0 unspecified atom stereocenters. The molecule has 2 rings (SSSR count). The van der Waals surface area contributed by atoms with Gasteiger partial charge in [-0.25, -0.2) is 0 Å². The fraction of sp³-hybridized carbons (Fsp3) is 0.353. The Kier molecular flexibility index (Phi) is 6.10. The summed E-state index contributed by atoms with van der Waals surface area (Å²) >= 11 is 3.51. The van der Waals surface area contributed by atoms with E-state index in [-0.39, 0.29) is 0 Å². The average Bonchev–Trinajstić information content (AvgIpc) is 2.85. The minimum absolute atomic E-state index is 0.665. The lowest BCUT2D eigenvalue weighted by Gasteiger charge is -2.22. The molecule has 5 nitrogen and oxygen atoms in total. The van der Waals surface area contributed by atoms with Gasteiger partial charge < -0.3 is 19.5 Å². The van der Waals surface area contributed by atoms with Gasteiger partial charge in [0.05, 0.1) is 13.7 Å². The lowest BCUT2D eigenvalue weighted by molar-refractivity contribution is 0.408. The van der Waals surface area contributed by atoms with Crippen molar-refractivity contribution < 1.29 is 4.74 Å². The van der Waals surface area contributed by atoms with E-state index in [0.717, 1.165) is 28.3 Å². The van der Waals surface area contributed by atoms with Gasteiger partial charge in [-0.15, -0.1) is 0 Å². The Bertz CT molecular complexity index is 681. The summed E-state index contributed by atoms with van der Waals surface area (Å²) in [7, 11) is 7.55. The highest BCUT2D eigenvalue weighted by molar-refractivity contribution is 9.10. The van der Waals surface area contributed by atoms with Crippen LogP contribution in [0.15, 0.2) is 46.0 Å². The summed E-state index contributed by atoms with van der Waals surface area (Å²) in [5, 5.41) is 3.38. The topological polar surface area (TPSA) is 41.8 Å². The van der Waals surface area contributed by atoms with E-state index in [9.17, 15) is 0 Å². The van der Waals surface area contributed by atoms with E-state index >= 15 is 0 Å². The number of hydrogen-bond donors (Lipinski definition) is 1. The van der Waals surface area contributed by atoms with Crippen molar-refractivity contribution in [3.63, 3.8) is 0 Å².